The van der Waals surface area contributed by atoms with Gasteiger partial charge in [0, 0.05) is 5.57 Å². The summed E-state index contributed by atoms with van der Waals surface area (Å²) in [4.78, 5) is 10.9. The van der Waals surface area contributed by atoms with E-state index in [9.17, 15) is 4.79 Å². The lowest BCUT2D eigenvalue weighted by atomic mass is 10.2. The van der Waals surface area contributed by atoms with Crippen LogP contribution in [-0.4, -0.2) is 16.5 Å². The van der Waals surface area contributed by atoms with Crippen molar-refractivity contribution in [3.05, 3.63) is 11.6 Å². The van der Waals surface area contributed by atoms with Crippen LogP contribution in [0.3, 0.4) is 0 Å². The predicted octanol–water partition coefficient (Wildman–Crippen LogP) is 0.946. The van der Waals surface area contributed by atoms with Gasteiger partial charge in [-0.25, -0.2) is 4.79 Å². The van der Waals surface area contributed by atoms with Crippen molar-refractivity contribution in [1.29, 1.82) is 0 Å². The molecule has 0 aromatic carbocycles. The molecule has 3 heteroatoms. The lowest BCUT2D eigenvalue weighted by Crippen LogP contribution is -2.02. The fourth-order valence-electron chi connectivity index (χ4n) is 0.767. The molecule has 0 saturated heterocycles. The van der Waals surface area contributed by atoms with Gasteiger partial charge < -0.3 is 4.43 Å². The maximum Gasteiger partial charge on any atom is 0.319 e. The fraction of sp³-hybridized carbons (Fsp3) is 0.625. The van der Waals surface area contributed by atoms with Crippen LogP contribution in [0, 0.1) is 0 Å². The molecule has 0 aromatic heterocycles. The van der Waals surface area contributed by atoms with Crippen molar-refractivity contribution in [3.63, 3.8) is 0 Å². The molecule has 0 saturated carbocycles. The summed E-state index contributed by atoms with van der Waals surface area (Å²) in [7, 11) is 0.490. The lowest BCUT2D eigenvalue weighted by molar-refractivity contribution is -0.129. The molecule has 0 aliphatic heterocycles. The van der Waals surface area contributed by atoms with Crippen LogP contribution in [0.15, 0.2) is 11.6 Å². The maximum absolute atomic E-state index is 10.9. The predicted molar refractivity (Wildman–Crippen MR) is 49.3 cm³/mol. The molecule has 64 valence electrons. The Morgan fingerprint density at radius 1 is 1.64 bits per heavy atom. The minimum atomic E-state index is -0.159. The van der Waals surface area contributed by atoms with Crippen molar-refractivity contribution in [2.24, 2.45) is 0 Å². The Kier molecular flexibility index (Phi) is 5.84. The highest BCUT2D eigenvalue weighted by Gasteiger charge is 1.99. The van der Waals surface area contributed by atoms with Gasteiger partial charge in [0.05, 0.1) is 0 Å². The molecule has 0 N–H and O–H groups in total. The molecule has 0 amide bonds. The first kappa shape index (κ1) is 10.4. The summed E-state index contributed by atoms with van der Waals surface area (Å²) in [6.07, 6.45) is 5.24. The summed E-state index contributed by atoms with van der Waals surface area (Å²) in [5.74, 6) is -0.159. The average Bonchev–Trinajstić information content (AvgIpc) is 2.03. The Hall–Kier alpha value is -0.573. The van der Waals surface area contributed by atoms with Crippen LogP contribution >= 0.6 is 0 Å². The van der Waals surface area contributed by atoms with Gasteiger partial charge in [0.2, 0.25) is 10.5 Å². The fourth-order valence-corrected chi connectivity index (χ4v) is 1.09. The number of allylic oxidation sites excluding steroid dienone is 1. The van der Waals surface area contributed by atoms with Gasteiger partial charge in [0.15, 0.2) is 0 Å². The summed E-state index contributed by atoms with van der Waals surface area (Å²) in [5.41, 5.74) is 0.744. The largest absolute Gasteiger partial charge is 0.526 e. The minimum absolute atomic E-state index is 0.159. The van der Waals surface area contributed by atoms with Gasteiger partial charge in [0.1, 0.15) is 0 Å². The third-order valence-corrected chi connectivity index (χ3v) is 1.89. The Morgan fingerprint density at radius 3 is 2.73 bits per heavy atom. The van der Waals surface area contributed by atoms with Crippen molar-refractivity contribution < 1.29 is 9.22 Å². The summed E-state index contributed by atoms with van der Waals surface area (Å²) in [5, 5.41) is 0. The second kappa shape index (κ2) is 6.16. The SMILES string of the molecule is CCCCC=C(C)C(=O)O[SiH3]. The van der Waals surface area contributed by atoms with Crippen LogP contribution in [0.25, 0.3) is 0 Å². The summed E-state index contributed by atoms with van der Waals surface area (Å²) in [6, 6.07) is 0. The molecule has 0 aliphatic rings. The molecular formula is C8H16O2Si. The summed E-state index contributed by atoms with van der Waals surface area (Å²) >= 11 is 0. The molecule has 0 aliphatic carbocycles. The van der Waals surface area contributed by atoms with Gasteiger partial charge >= 0.3 is 5.97 Å². The quantitative estimate of drug-likeness (QED) is 0.358. The molecule has 0 atom stereocenters. The Morgan fingerprint density at radius 2 is 2.27 bits per heavy atom. The van der Waals surface area contributed by atoms with Crippen LogP contribution in [0.2, 0.25) is 0 Å². The van der Waals surface area contributed by atoms with Gasteiger partial charge in [0.25, 0.3) is 0 Å². The van der Waals surface area contributed by atoms with Crippen molar-refractivity contribution in [2.75, 3.05) is 0 Å². The number of carbonyl (C=O) groups is 1. The second-order valence-corrected chi connectivity index (χ2v) is 2.93. The Balaban J connectivity index is 3.71. The van der Waals surface area contributed by atoms with Gasteiger partial charge in [-0.05, 0) is 13.3 Å². The number of carbonyl (C=O) groups excluding carboxylic acids is 1. The monoisotopic (exact) mass is 172 g/mol. The van der Waals surface area contributed by atoms with E-state index in [1.165, 1.54) is 6.42 Å². The Bertz CT molecular complexity index is 152. The molecular weight excluding hydrogens is 156 g/mol. The lowest BCUT2D eigenvalue weighted by Gasteiger charge is -1.98. The second-order valence-electron chi connectivity index (χ2n) is 2.52. The molecule has 0 unspecified atom stereocenters. The average molecular weight is 172 g/mol. The molecule has 0 aromatic rings. The highest BCUT2D eigenvalue weighted by molar-refractivity contribution is 6.09. The molecule has 0 heterocycles. The number of unbranched alkanes of at least 4 members (excludes halogenated alkanes) is 2. The van der Waals surface area contributed by atoms with Crippen LogP contribution < -0.4 is 0 Å². The van der Waals surface area contributed by atoms with E-state index < -0.39 is 0 Å². The first-order chi connectivity index (χ1) is 5.22. The zero-order valence-electron chi connectivity index (χ0n) is 7.52. The maximum atomic E-state index is 10.9. The molecule has 0 spiro atoms. The number of hydrogen-bond donors (Lipinski definition) is 0. The van der Waals surface area contributed by atoms with Gasteiger partial charge in [-0.2, -0.15) is 0 Å². The topological polar surface area (TPSA) is 26.3 Å². The Labute approximate surface area is 71.2 Å². The highest BCUT2D eigenvalue weighted by Crippen LogP contribution is 2.01. The van der Waals surface area contributed by atoms with E-state index >= 15 is 0 Å². The minimum Gasteiger partial charge on any atom is -0.526 e. The van der Waals surface area contributed by atoms with Crippen molar-refractivity contribution in [1.82, 2.24) is 0 Å². The van der Waals surface area contributed by atoms with E-state index in [1.54, 1.807) is 6.92 Å². The zero-order valence-corrected chi connectivity index (χ0v) is 9.52. The van der Waals surface area contributed by atoms with E-state index in [-0.39, 0.29) is 5.97 Å². The van der Waals surface area contributed by atoms with Crippen LogP contribution in [-0.2, 0) is 9.22 Å². The molecule has 11 heavy (non-hydrogen) atoms. The zero-order chi connectivity index (χ0) is 8.69. The van der Waals surface area contributed by atoms with Crippen molar-refractivity contribution >= 4 is 16.5 Å². The van der Waals surface area contributed by atoms with Crippen LogP contribution in [0.4, 0.5) is 0 Å². The smallest absolute Gasteiger partial charge is 0.319 e. The van der Waals surface area contributed by atoms with E-state index in [0.717, 1.165) is 18.4 Å². The normalized spacial score (nSPS) is 11.6. The summed E-state index contributed by atoms with van der Waals surface area (Å²) < 4.78 is 4.67. The van der Waals surface area contributed by atoms with Crippen molar-refractivity contribution in [2.45, 2.75) is 33.1 Å². The number of hydrogen-bond acceptors (Lipinski definition) is 2. The third kappa shape index (κ3) is 4.78. The summed E-state index contributed by atoms with van der Waals surface area (Å²) in [6.45, 7) is 3.93. The van der Waals surface area contributed by atoms with Gasteiger partial charge in [-0.15, -0.1) is 0 Å². The number of rotatable bonds is 4. The van der Waals surface area contributed by atoms with Crippen LogP contribution in [0.5, 0.6) is 0 Å². The van der Waals surface area contributed by atoms with E-state index in [1.807, 2.05) is 6.08 Å². The molecule has 0 fully saturated rings. The molecule has 2 nitrogen and oxygen atoms in total. The standard InChI is InChI=1S/C8H16O2Si/c1-3-4-5-6-7(2)8(9)10-11/h6H,3-5H2,1-2,11H3. The van der Waals surface area contributed by atoms with Crippen molar-refractivity contribution in [3.8, 4) is 0 Å². The molecule has 0 bridgehead atoms. The van der Waals surface area contributed by atoms with Gasteiger partial charge in [-0.3, -0.25) is 0 Å². The van der Waals surface area contributed by atoms with Gasteiger partial charge in [-0.1, -0.05) is 25.8 Å². The van der Waals surface area contributed by atoms with E-state index in [2.05, 4.69) is 11.3 Å². The molecule has 0 rings (SSSR count). The molecule has 0 radical (unpaired) electrons. The van der Waals surface area contributed by atoms with Crippen LogP contribution in [0.1, 0.15) is 33.1 Å². The van der Waals surface area contributed by atoms with E-state index in [4.69, 9.17) is 0 Å². The first-order valence-corrected chi connectivity index (χ1v) is 4.79. The highest BCUT2D eigenvalue weighted by atomic mass is 28.2. The first-order valence-electron chi connectivity index (χ1n) is 3.97. The third-order valence-electron chi connectivity index (χ3n) is 1.52. The van der Waals surface area contributed by atoms with E-state index in [0.29, 0.717) is 10.5 Å².